The number of aromatic amines is 2. The average molecular weight is 230 g/mol. The Morgan fingerprint density at radius 3 is 2.82 bits per heavy atom. The number of aliphatic hydroxyl groups is 1. The highest BCUT2D eigenvalue weighted by atomic mass is 16.3. The fourth-order valence-electron chi connectivity index (χ4n) is 2.04. The van der Waals surface area contributed by atoms with Gasteiger partial charge in [-0.1, -0.05) is 18.2 Å². The molecule has 0 bridgehead atoms. The predicted molar refractivity (Wildman–Crippen MR) is 64.7 cm³/mol. The second-order valence-electron chi connectivity index (χ2n) is 4.76. The Bertz CT molecular complexity index is 593. The van der Waals surface area contributed by atoms with Crippen molar-refractivity contribution in [3.8, 4) is 11.3 Å². The molecule has 0 amide bonds. The van der Waals surface area contributed by atoms with E-state index in [1.54, 1.807) is 6.20 Å². The summed E-state index contributed by atoms with van der Waals surface area (Å²) >= 11 is 0. The molecule has 4 nitrogen and oxygen atoms in total. The molecule has 1 fully saturated rings. The number of nitrogens with one attached hydrogen (secondary N) is 2. The SMILES string of the molecule is O=c1[nH]cc(-c2cccc(CC3(O)CC3)c2)[nH]1. The van der Waals surface area contributed by atoms with Crippen LogP contribution in [0.2, 0.25) is 0 Å². The summed E-state index contributed by atoms with van der Waals surface area (Å²) in [5.74, 6) is 0. The molecule has 0 saturated heterocycles. The Morgan fingerprint density at radius 1 is 1.35 bits per heavy atom. The van der Waals surface area contributed by atoms with Gasteiger partial charge in [0.1, 0.15) is 0 Å². The molecule has 1 aliphatic carbocycles. The number of aromatic nitrogens is 2. The smallest absolute Gasteiger partial charge is 0.323 e. The highest BCUT2D eigenvalue weighted by Gasteiger charge is 2.40. The molecular formula is C13H14N2O2. The minimum atomic E-state index is -0.482. The minimum Gasteiger partial charge on any atom is -0.390 e. The zero-order valence-electron chi connectivity index (χ0n) is 9.36. The van der Waals surface area contributed by atoms with Crippen LogP contribution in [-0.4, -0.2) is 20.7 Å². The number of hydrogen-bond acceptors (Lipinski definition) is 2. The van der Waals surface area contributed by atoms with E-state index in [1.807, 2.05) is 24.3 Å². The Morgan fingerprint density at radius 2 is 2.18 bits per heavy atom. The zero-order chi connectivity index (χ0) is 11.9. The van der Waals surface area contributed by atoms with Gasteiger partial charge in [0.15, 0.2) is 0 Å². The van der Waals surface area contributed by atoms with E-state index in [2.05, 4.69) is 9.97 Å². The van der Waals surface area contributed by atoms with Gasteiger partial charge in [-0.25, -0.2) is 4.79 Å². The first-order chi connectivity index (χ1) is 8.15. The van der Waals surface area contributed by atoms with Gasteiger partial charge in [-0.3, -0.25) is 0 Å². The van der Waals surface area contributed by atoms with Crippen molar-refractivity contribution >= 4 is 0 Å². The average Bonchev–Trinajstić information content (AvgIpc) is 2.87. The molecule has 1 aromatic heterocycles. The zero-order valence-corrected chi connectivity index (χ0v) is 9.36. The van der Waals surface area contributed by atoms with E-state index < -0.39 is 5.60 Å². The standard InChI is InChI=1S/C13H14N2O2/c16-12-14-8-11(15-12)10-3-1-2-9(6-10)7-13(17)4-5-13/h1-3,6,8,17H,4-5,7H2,(H2,14,15,16). The van der Waals surface area contributed by atoms with Crippen LogP contribution in [-0.2, 0) is 6.42 Å². The van der Waals surface area contributed by atoms with E-state index in [9.17, 15) is 9.90 Å². The molecule has 0 unspecified atom stereocenters. The van der Waals surface area contributed by atoms with E-state index in [0.717, 1.165) is 29.7 Å². The molecular weight excluding hydrogens is 216 g/mol. The van der Waals surface area contributed by atoms with Crippen LogP contribution in [0.4, 0.5) is 0 Å². The molecule has 4 heteroatoms. The maximum absolute atomic E-state index is 11.0. The van der Waals surface area contributed by atoms with E-state index in [0.29, 0.717) is 6.42 Å². The summed E-state index contributed by atoms with van der Waals surface area (Å²) in [4.78, 5) is 16.3. The van der Waals surface area contributed by atoms with Crippen molar-refractivity contribution < 1.29 is 5.11 Å². The lowest BCUT2D eigenvalue weighted by molar-refractivity contribution is 0.151. The van der Waals surface area contributed by atoms with Crippen LogP contribution in [0.25, 0.3) is 11.3 Å². The molecule has 3 rings (SSSR count). The van der Waals surface area contributed by atoms with Gasteiger partial charge < -0.3 is 15.1 Å². The van der Waals surface area contributed by atoms with Crippen molar-refractivity contribution in [2.24, 2.45) is 0 Å². The van der Waals surface area contributed by atoms with Crippen molar-refractivity contribution in [3.63, 3.8) is 0 Å². The molecule has 88 valence electrons. The molecule has 1 saturated carbocycles. The van der Waals surface area contributed by atoms with Crippen LogP contribution in [0.3, 0.4) is 0 Å². The lowest BCUT2D eigenvalue weighted by Gasteiger charge is -2.08. The van der Waals surface area contributed by atoms with Crippen LogP contribution in [0.1, 0.15) is 18.4 Å². The predicted octanol–water partition coefficient (Wildman–Crippen LogP) is 1.44. The van der Waals surface area contributed by atoms with E-state index >= 15 is 0 Å². The van der Waals surface area contributed by atoms with Crippen LogP contribution >= 0.6 is 0 Å². The number of hydrogen-bond donors (Lipinski definition) is 3. The van der Waals surface area contributed by atoms with Gasteiger partial charge in [0, 0.05) is 12.6 Å². The molecule has 0 radical (unpaired) electrons. The summed E-state index contributed by atoms with van der Waals surface area (Å²) in [6, 6.07) is 7.90. The molecule has 0 aliphatic heterocycles. The largest absolute Gasteiger partial charge is 0.390 e. The third kappa shape index (κ3) is 2.17. The van der Waals surface area contributed by atoms with Crippen molar-refractivity contribution in [2.45, 2.75) is 24.9 Å². The summed E-state index contributed by atoms with van der Waals surface area (Å²) in [6.45, 7) is 0. The number of rotatable bonds is 3. The minimum absolute atomic E-state index is 0.203. The van der Waals surface area contributed by atoms with Crippen LogP contribution in [0, 0.1) is 0 Å². The van der Waals surface area contributed by atoms with Gasteiger partial charge in [0.05, 0.1) is 11.3 Å². The van der Waals surface area contributed by atoms with Crippen molar-refractivity contribution in [1.82, 2.24) is 9.97 Å². The summed E-state index contributed by atoms with van der Waals surface area (Å²) < 4.78 is 0. The first-order valence-electron chi connectivity index (χ1n) is 5.74. The third-order valence-corrected chi connectivity index (χ3v) is 3.19. The first kappa shape index (κ1) is 10.4. The lowest BCUT2D eigenvalue weighted by Crippen LogP contribution is -2.10. The Balaban J connectivity index is 1.90. The molecule has 17 heavy (non-hydrogen) atoms. The third-order valence-electron chi connectivity index (χ3n) is 3.19. The van der Waals surface area contributed by atoms with Crippen LogP contribution < -0.4 is 5.69 Å². The number of H-pyrrole nitrogens is 2. The Kier molecular flexibility index (Phi) is 2.19. The molecule has 1 heterocycles. The quantitative estimate of drug-likeness (QED) is 0.746. The van der Waals surface area contributed by atoms with Gasteiger partial charge in [-0.05, 0) is 30.0 Å². The van der Waals surface area contributed by atoms with E-state index in [1.165, 1.54) is 0 Å². The summed E-state index contributed by atoms with van der Waals surface area (Å²) in [5.41, 5.74) is 2.16. The van der Waals surface area contributed by atoms with Gasteiger partial charge >= 0.3 is 5.69 Å². The molecule has 0 spiro atoms. The Hall–Kier alpha value is -1.81. The molecule has 3 N–H and O–H groups in total. The molecule has 1 aromatic carbocycles. The topological polar surface area (TPSA) is 68.9 Å². The van der Waals surface area contributed by atoms with E-state index in [-0.39, 0.29) is 5.69 Å². The van der Waals surface area contributed by atoms with E-state index in [4.69, 9.17) is 0 Å². The van der Waals surface area contributed by atoms with Crippen molar-refractivity contribution in [1.29, 1.82) is 0 Å². The van der Waals surface area contributed by atoms with Crippen molar-refractivity contribution in [2.75, 3.05) is 0 Å². The van der Waals surface area contributed by atoms with Crippen LogP contribution in [0.5, 0.6) is 0 Å². The fourth-order valence-corrected chi connectivity index (χ4v) is 2.04. The second-order valence-corrected chi connectivity index (χ2v) is 4.76. The summed E-state index contributed by atoms with van der Waals surface area (Å²) in [5, 5.41) is 9.88. The van der Waals surface area contributed by atoms with Gasteiger partial charge in [-0.15, -0.1) is 0 Å². The highest BCUT2D eigenvalue weighted by Crippen LogP contribution is 2.38. The molecule has 1 aliphatic rings. The van der Waals surface area contributed by atoms with Gasteiger partial charge in [0.2, 0.25) is 0 Å². The second kappa shape index (κ2) is 3.60. The number of benzene rings is 1. The first-order valence-corrected chi connectivity index (χ1v) is 5.74. The maximum atomic E-state index is 11.0. The Labute approximate surface area is 98.3 Å². The normalized spacial score (nSPS) is 17.0. The van der Waals surface area contributed by atoms with Gasteiger partial charge in [0.25, 0.3) is 0 Å². The van der Waals surface area contributed by atoms with Gasteiger partial charge in [-0.2, -0.15) is 0 Å². The van der Waals surface area contributed by atoms with Crippen molar-refractivity contribution in [3.05, 3.63) is 46.5 Å². The monoisotopic (exact) mass is 230 g/mol. The number of imidazole rings is 1. The molecule has 2 aromatic rings. The fraction of sp³-hybridized carbons (Fsp3) is 0.308. The summed E-state index contributed by atoms with van der Waals surface area (Å²) in [7, 11) is 0. The molecule has 0 atom stereocenters. The van der Waals surface area contributed by atoms with Crippen LogP contribution in [0.15, 0.2) is 35.3 Å². The lowest BCUT2D eigenvalue weighted by atomic mass is 10.0. The highest BCUT2D eigenvalue weighted by molar-refractivity contribution is 5.59. The summed E-state index contributed by atoms with van der Waals surface area (Å²) in [6.07, 6.45) is 4.12. The maximum Gasteiger partial charge on any atom is 0.323 e.